The van der Waals surface area contributed by atoms with E-state index in [2.05, 4.69) is 63.2 Å². The van der Waals surface area contributed by atoms with Crippen molar-refractivity contribution in [1.82, 2.24) is 9.88 Å². The SMILES string of the molecule is CN1CCc2[nH]c3c(Br)ccc(CCC4=CC=CCC4)c3c2CC1. The molecule has 0 amide bonds. The Bertz CT molecular complexity index is 813. The largest absolute Gasteiger partial charge is 0.357 e. The lowest BCUT2D eigenvalue weighted by atomic mass is 9.94. The third kappa shape index (κ3) is 3.12. The molecule has 1 aromatic carbocycles. The van der Waals surface area contributed by atoms with Crippen molar-refractivity contribution in [3.8, 4) is 0 Å². The third-order valence-corrected chi connectivity index (χ3v) is 6.15. The summed E-state index contributed by atoms with van der Waals surface area (Å²) in [6, 6.07) is 4.54. The van der Waals surface area contributed by atoms with Crippen molar-refractivity contribution in [2.45, 2.75) is 38.5 Å². The fraction of sp³-hybridized carbons (Fsp3) is 0.429. The number of likely N-dealkylation sites (N-methyl/N-ethyl adjacent to an activating group) is 1. The molecule has 3 heteroatoms. The van der Waals surface area contributed by atoms with E-state index in [1.165, 1.54) is 45.9 Å². The highest BCUT2D eigenvalue weighted by molar-refractivity contribution is 9.10. The molecule has 1 N–H and O–H groups in total. The molecule has 1 aromatic heterocycles. The monoisotopic (exact) mass is 384 g/mol. The van der Waals surface area contributed by atoms with Crippen LogP contribution in [0.3, 0.4) is 0 Å². The van der Waals surface area contributed by atoms with Crippen molar-refractivity contribution in [3.63, 3.8) is 0 Å². The lowest BCUT2D eigenvalue weighted by Crippen LogP contribution is -2.21. The Kier molecular flexibility index (Phi) is 4.64. The molecule has 2 heterocycles. The van der Waals surface area contributed by atoms with Crippen molar-refractivity contribution >= 4 is 26.8 Å². The van der Waals surface area contributed by atoms with E-state index in [-0.39, 0.29) is 0 Å². The number of H-pyrrole nitrogens is 1. The van der Waals surface area contributed by atoms with Gasteiger partial charge in [-0.05, 0) is 72.3 Å². The molecule has 1 aliphatic carbocycles. The van der Waals surface area contributed by atoms with Gasteiger partial charge in [-0.1, -0.05) is 29.9 Å². The first-order chi connectivity index (χ1) is 11.7. The highest BCUT2D eigenvalue weighted by Gasteiger charge is 2.19. The minimum Gasteiger partial charge on any atom is -0.357 e. The Hall–Kier alpha value is -1.32. The van der Waals surface area contributed by atoms with Gasteiger partial charge in [0.05, 0.1) is 5.52 Å². The zero-order valence-electron chi connectivity index (χ0n) is 14.4. The highest BCUT2D eigenvalue weighted by atomic mass is 79.9. The van der Waals surface area contributed by atoms with Crippen LogP contribution >= 0.6 is 15.9 Å². The van der Waals surface area contributed by atoms with E-state index in [1.807, 2.05) is 0 Å². The van der Waals surface area contributed by atoms with Gasteiger partial charge in [-0.2, -0.15) is 0 Å². The molecule has 1 aliphatic heterocycles. The van der Waals surface area contributed by atoms with Crippen LogP contribution in [0.2, 0.25) is 0 Å². The number of nitrogens with zero attached hydrogens (tertiary/aromatic N) is 1. The Morgan fingerprint density at radius 1 is 1.12 bits per heavy atom. The van der Waals surface area contributed by atoms with Crippen molar-refractivity contribution in [3.05, 3.63) is 57.2 Å². The summed E-state index contributed by atoms with van der Waals surface area (Å²) in [5.41, 5.74) is 7.41. The molecule has 4 rings (SSSR count). The van der Waals surface area contributed by atoms with Crippen LogP contribution in [0.1, 0.15) is 36.1 Å². The fourth-order valence-electron chi connectivity index (χ4n) is 4.04. The molecular formula is C21H25BrN2. The summed E-state index contributed by atoms with van der Waals surface area (Å²) in [5.74, 6) is 0. The number of hydrogen-bond acceptors (Lipinski definition) is 1. The second kappa shape index (κ2) is 6.89. The molecule has 126 valence electrons. The van der Waals surface area contributed by atoms with Crippen LogP contribution in [-0.2, 0) is 19.3 Å². The average Bonchev–Trinajstić information content (AvgIpc) is 2.88. The number of nitrogens with one attached hydrogen (secondary N) is 1. The highest BCUT2D eigenvalue weighted by Crippen LogP contribution is 2.34. The van der Waals surface area contributed by atoms with E-state index in [1.54, 1.807) is 11.1 Å². The minimum absolute atomic E-state index is 1.13. The second-order valence-electron chi connectivity index (χ2n) is 7.13. The van der Waals surface area contributed by atoms with E-state index in [0.717, 1.165) is 32.4 Å². The third-order valence-electron chi connectivity index (χ3n) is 5.49. The van der Waals surface area contributed by atoms with Gasteiger partial charge in [0.25, 0.3) is 0 Å². The van der Waals surface area contributed by atoms with Crippen LogP contribution in [0, 0.1) is 0 Å². The molecule has 24 heavy (non-hydrogen) atoms. The van der Waals surface area contributed by atoms with Gasteiger partial charge < -0.3 is 9.88 Å². The first-order valence-electron chi connectivity index (χ1n) is 9.06. The van der Waals surface area contributed by atoms with E-state index in [9.17, 15) is 0 Å². The van der Waals surface area contributed by atoms with Gasteiger partial charge in [-0.3, -0.25) is 0 Å². The quantitative estimate of drug-likeness (QED) is 0.772. The molecule has 2 nitrogen and oxygen atoms in total. The molecule has 0 spiro atoms. The maximum atomic E-state index is 3.75. The molecule has 0 bridgehead atoms. The van der Waals surface area contributed by atoms with Crippen molar-refractivity contribution in [2.24, 2.45) is 0 Å². The predicted molar refractivity (Wildman–Crippen MR) is 106 cm³/mol. The van der Waals surface area contributed by atoms with Gasteiger partial charge in [0, 0.05) is 35.1 Å². The summed E-state index contributed by atoms with van der Waals surface area (Å²) < 4.78 is 1.20. The number of aromatic nitrogens is 1. The van der Waals surface area contributed by atoms with E-state index < -0.39 is 0 Å². The molecular weight excluding hydrogens is 360 g/mol. The number of aryl methyl sites for hydroxylation is 1. The summed E-state index contributed by atoms with van der Waals surface area (Å²) in [7, 11) is 2.23. The van der Waals surface area contributed by atoms with Gasteiger partial charge in [0.15, 0.2) is 0 Å². The number of benzene rings is 1. The lowest BCUT2D eigenvalue weighted by molar-refractivity contribution is 0.352. The summed E-state index contributed by atoms with van der Waals surface area (Å²) in [6.45, 7) is 2.30. The fourth-order valence-corrected chi connectivity index (χ4v) is 4.46. The standard InChI is InChI=1S/C21H25BrN2/c1-24-13-11-17-19(12-14-24)23-21-18(22)10-9-16(20(17)21)8-7-15-5-3-2-4-6-15/h2-3,5,9-10,23H,4,6-8,11-14H2,1H3. The maximum absolute atomic E-state index is 3.75. The summed E-state index contributed by atoms with van der Waals surface area (Å²) >= 11 is 3.75. The number of fused-ring (bicyclic) bond motifs is 3. The molecule has 0 atom stereocenters. The summed E-state index contributed by atoms with van der Waals surface area (Å²) in [6.07, 6.45) is 13.8. The van der Waals surface area contributed by atoms with Crippen LogP contribution in [-0.4, -0.2) is 30.0 Å². The smallest absolute Gasteiger partial charge is 0.0606 e. The van der Waals surface area contributed by atoms with Gasteiger partial charge in [0.1, 0.15) is 0 Å². The zero-order valence-corrected chi connectivity index (χ0v) is 16.0. The molecule has 0 unspecified atom stereocenters. The van der Waals surface area contributed by atoms with Crippen molar-refractivity contribution < 1.29 is 0 Å². The van der Waals surface area contributed by atoms with Crippen LogP contribution < -0.4 is 0 Å². The van der Waals surface area contributed by atoms with Crippen LogP contribution in [0.25, 0.3) is 10.9 Å². The Labute approximate surface area is 152 Å². The molecule has 0 saturated heterocycles. The molecule has 2 aliphatic rings. The molecule has 0 radical (unpaired) electrons. The Morgan fingerprint density at radius 3 is 2.83 bits per heavy atom. The topological polar surface area (TPSA) is 19.0 Å². The van der Waals surface area contributed by atoms with Crippen molar-refractivity contribution in [2.75, 3.05) is 20.1 Å². The second-order valence-corrected chi connectivity index (χ2v) is 7.99. The predicted octanol–water partition coefficient (Wildman–Crippen LogP) is 5.17. The summed E-state index contributed by atoms with van der Waals surface area (Å²) in [4.78, 5) is 6.16. The average molecular weight is 385 g/mol. The van der Waals surface area contributed by atoms with Gasteiger partial charge >= 0.3 is 0 Å². The summed E-state index contributed by atoms with van der Waals surface area (Å²) in [5, 5.41) is 1.49. The van der Waals surface area contributed by atoms with Gasteiger partial charge in [-0.25, -0.2) is 0 Å². The van der Waals surface area contributed by atoms with E-state index in [4.69, 9.17) is 0 Å². The Morgan fingerprint density at radius 2 is 2.00 bits per heavy atom. The first-order valence-corrected chi connectivity index (χ1v) is 9.85. The number of halogens is 1. The number of hydrogen-bond donors (Lipinski definition) is 1. The number of aromatic amines is 1. The molecule has 2 aromatic rings. The van der Waals surface area contributed by atoms with Crippen LogP contribution in [0.4, 0.5) is 0 Å². The van der Waals surface area contributed by atoms with Crippen molar-refractivity contribution in [1.29, 1.82) is 0 Å². The number of rotatable bonds is 3. The lowest BCUT2D eigenvalue weighted by Gasteiger charge is -2.13. The minimum atomic E-state index is 1.13. The maximum Gasteiger partial charge on any atom is 0.0606 e. The molecule has 0 fully saturated rings. The van der Waals surface area contributed by atoms with Gasteiger partial charge in [-0.15, -0.1) is 0 Å². The molecule has 0 saturated carbocycles. The Balaban J connectivity index is 1.70. The van der Waals surface area contributed by atoms with Crippen LogP contribution in [0.5, 0.6) is 0 Å². The zero-order chi connectivity index (χ0) is 16.5. The van der Waals surface area contributed by atoms with Crippen LogP contribution in [0.15, 0.2) is 40.4 Å². The number of allylic oxidation sites excluding steroid dienone is 4. The van der Waals surface area contributed by atoms with E-state index >= 15 is 0 Å². The normalized spacial score (nSPS) is 18.5. The van der Waals surface area contributed by atoms with Gasteiger partial charge in [0.2, 0.25) is 0 Å². The first kappa shape index (κ1) is 16.2. The van der Waals surface area contributed by atoms with E-state index in [0.29, 0.717) is 0 Å².